The molecule has 0 aromatic carbocycles. The minimum atomic E-state index is 0.271. The van der Waals surface area contributed by atoms with Gasteiger partial charge in [-0.15, -0.1) is 0 Å². The van der Waals surface area contributed by atoms with Crippen molar-refractivity contribution < 1.29 is 5.21 Å². The summed E-state index contributed by atoms with van der Waals surface area (Å²) in [7, 11) is 0. The Morgan fingerprint density at radius 2 is 1.91 bits per heavy atom. The molecule has 1 aromatic rings. The smallest absolute Gasteiger partial charge is 0.131 e. The topological polar surface area (TPSA) is 45.5 Å². The average Bonchev–Trinajstić information content (AvgIpc) is 1.85. The number of oxime groups is 1. The first kappa shape index (κ1) is 8.30. The molecule has 0 fully saturated rings. The third-order valence-corrected chi connectivity index (χ3v) is 1.38. The number of halogens is 2. The van der Waals surface area contributed by atoms with E-state index >= 15 is 0 Å². The Morgan fingerprint density at radius 1 is 1.36 bits per heavy atom. The third kappa shape index (κ3) is 2.37. The van der Waals surface area contributed by atoms with Crippen molar-refractivity contribution in [2.45, 2.75) is 0 Å². The number of pyridine rings is 1. The van der Waals surface area contributed by atoms with Gasteiger partial charge >= 0.3 is 0 Å². The van der Waals surface area contributed by atoms with E-state index in [-0.39, 0.29) is 10.3 Å². The zero-order valence-electron chi connectivity index (χ0n) is 5.33. The van der Waals surface area contributed by atoms with Crippen LogP contribution < -0.4 is 0 Å². The molecule has 1 N–H and O–H groups in total. The summed E-state index contributed by atoms with van der Waals surface area (Å²) in [6, 6.07) is 3.07. The van der Waals surface area contributed by atoms with Gasteiger partial charge in [0.15, 0.2) is 0 Å². The highest BCUT2D eigenvalue weighted by Crippen LogP contribution is 2.12. The Labute approximate surface area is 73.3 Å². The second-order valence-corrected chi connectivity index (χ2v) is 2.56. The standard InChI is InChI=1S/C6H4Cl2N2O/c7-5-1-4(3-9-11)2-6(8)10-5/h1-3,11H/b9-3+. The normalized spacial score (nSPS) is 10.7. The minimum absolute atomic E-state index is 0.271. The van der Waals surface area contributed by atoms with E-state index in [9.17, 15) is 0 Å². The molecule has 5 heteroatoms. The summed E-state index contributed by atoms with van der Waals surface area (Å²) >= 11 is 11.1. The van der Waals surface area contributed by atoms with Crippen LogP contribution in [0.4, 0.5) is 0 Å². The van der Waals surface area contributed by atoms with Crippen molar-refractivity contribution in [3.63, 3.8) is 0 Å². The van der Waals surface area contributed by atoms with Gasteiger partial charge in [0.25, 0.3) is 0 Å². The van der Waals surface area contributed by atoms with Crippen LogP contribution in [-0.2, 0) is 0 Å². The van der Waals surface area contributed by atoms with Gasteiger partial charge in [-0.2, -0.15) is 0 Å². The van der Waals surface area contributed by atoms with Crippen LogP contribution in [0.3, 0.4) is 0 Å². The van der Waals surface area contributed by atoms with Gasteiger partial charge in [-0.05, 0) is 12.1 Å². The largest absolute Gasteiger partial charge is 0.411 e. The van der Waals surface area contributed by atoms with E-state index in [0.29, 0.717) is 5.56 Å². The van der Waals surface area contributed by atoms with Gasteiger partial charge in [0.2, 0.25) is 0 Å². The van der Waals surface area contributed by atoms with E-state index in [0.717, 1.165) is 0 Å². The summed E-state index contributed by atoms with van der Waals surface area (Å²) in [5, 5.41) is 11.5. The van der Waals surface area contributed by atoms with Crippen molar-refractivity contribution in [1.82, 2.24) is 4.98 Å². The zero-order valence-corrected chi connectivity index (χ0v) is 6.84. The Morgan fingerprint density at radius 3 is 2.36 bits per heavy atom. The quantitative estimate of drug-likeness (QED) is 0.320. The Kier molecular flexibility index (Phi) is 2.68. The van der Waals surface area contributed by atoms with Crippen molar-refractivity contribution in [2.75, 3.05) is 0 Å². The van der Waals surface area contributed by atoms with Crippen LogP contribution in [0.2, 0.25) is 10.3 Å². The second-order valence-electron chi connectivity index (χ2n) is 1.79. The first-order valence-electron chi connectivity index (χ1n) is 2.73. The Hall–Kier alpha value is -0.800. The SMILES string of the molecule is O/N=C/c1cc(Cl)nc(Cl)c1. The lowest BCUT2D eigenvalue weighted by molar-refractivity contribution is 0.322. The van der Waals surface area contributed by atoms with Crippen LogP contribution >= 0.6 is 23.2 Å². The summed E-state index contributed by atoms with van der Waals surface area (Å²) in [4.78, 5) is 3.70. The van der Waals surface area contributed by atoms with Crippen LogP contribution in [0.15, 0.2) is 17.3 Å². The molecule has 58 valence electrons. The lowest BCUT2D eigenvalue weighted by Gasteiger charge is -1.93. The van der Waals surface area contributed by atoms with E-state index in [1.807, 2.05) is 0 Å². The monoisotopic (exact) mass is 190 g/mol. The molecule has 0 saturated heterocycles. The first-order valence-corrected chi connectivity index (χ1v) is 3.48. The second kappa shape index (κ2) is 3.55. The van der Waals surface area contributed by atoms with Crippen LogP contribution in [-0.4, -0.2) is 16.4 Å². The molecule has 11 heavy (non-hydrogen) atoms. The van der Waals surface area contributed by atoms with E-state index in [1.54, 1.807) is 0 Å². The average molecular weight is 191 g/mol. The van der Waals surface area contributed by atoms with Crippen LogP contribution in [0.25, 0.3) is 0 Å². The van der Waals surface area contributed by atoms with Gasteiger partial charge in [0.05, 0.1) is 6.21 Å². The van der Waals surface area contributed by atoms with Crippen molar-refractivity contribution in [3.8, 4) is 0 Å². The van der Waals surface area contributed by atoms with E-state index in [4.69, 9.17) is 28.4 Å². The predicted molar refractivity (Wildman–Crippen MR) is 43.6 cm³/mol. The van der Waals surface area contributed by atoms with E-state index in [1.165, 1.54) is 18.3 Å². The van der Waals surface area contributed by atoms with Crippen molar-refractivity contribution >= 4 is 29.4 Å². The predicted octanol–water partition coefficient (Wildman–Crippen LogP) is 2.20. The summed E-state index contributed by atoms with van der Waals surface area (Å²) < 4.78 is 0. The third-order valence-electron chi connectivity index (χ3n) is 0.992. The maximum atomic E-state index is 8.16. The number of nitrogens with zero attached hydrogens (tertiary/aromatic N) is 2. The number of hydrogen-bond acceptors (Lipinski definition) is 3. The van der Waals surface area contributed by atoms with E-state index < -0.39 is 0 Å². The number of hydrogen-bond donors (Lipinski definition) is 1. The molecule has 0 spiro atoms. The molecule has 1 rings (SSSR count). The summed E-state index contributed by atoms with van der Waals surface area (Å²) in [6.45, 7) is 0. The van der Waals surface area contributed by atoms with Crippen molar-refractivity contribution in [2.24, 2.45) is 5.16 Å². The summed E-state index contributed by atoms with van der Waals surface area (Å²) in [6.07, 6.45) is 1.22. The molecular formula is C6H4Cl2N2O. The molecule has 1 heterocycles. The molecule has 0 aliphatic carbocycles. The maximum absolute atomic E-state index is 8.16. The first-order chi connectivity index (χ1) is 5.22. The molecule has 0 amide bonds. The van der Waals surface area contributed by atoms with Crippen LogP contribution in [0, 0.1) is 0 Å². The fourth-order valence-electron chi connectivity index (χ4n) is 0.625. The highest BCUT2D eigenvalue weighted by atomic mass is 35.5. The van der Waals surface area contributed by atoms with Crippen molar-refractivity contribution in [3.05, 3.63) is 28.0 Å². The lowest BCUT2D eigenvalue weighted by Crippen LogP contribution is -1.84. The molecule has 0 aliphatic rings. The molecular weight excluding hydrogens is 187 g/mol. The van der Waals surface area contributed by atoms with E-state index in [2.05, 4.69) is 10.1 Å². The van der Waals surface area contributed by atoms with Crippen LogP contribution in [0.5, 0.6) is 0 Å². The van der Waals surface area contributed by atoms with Crippen molar-refractivity contribution in [1.29, 1.82) is 0 Å². The van der Waals surface area contributed by atoms with Gasteiger partial charge in [0.1, 0.15) is 10.3 Å². The van der Waals surface area contributed by atoms with Gasteiger partial charge in [-0.25, -0.2) is 4.98 Å². The molecule has 0 radical (unpaired) electrons. The fraction of sp³-hybridized carbons (Fsp3) is 0. The number of aromatic nitrogens is 1. The van der Waals surface area contributed by atoms with Gasteiger partial charge in [-0.3, -0.25) is 0 Å². The Bertz CT molecular complexity index is 268. The van der Waals surface area contributed by atoms with Crippen LogP contribution in [0.1, 0.15) is 5.56 Å². The summed E-state index contributed by atoms with van der Waals surface area (Å²) in [5.41, 5.74) is 0.609. The molecule has 1 aromatic heterocycles. The molecule has 3 nitrogen and oxygen atoms in total. The van der Waals surface area contributed by atoms with Gasteiger partial charge in [-0.1, -0.05) is 28.4 Å². The Balaban J connectivity index is 3.08. The molecule has 0 aliphatic heterocycles. The summed E-state index contributed by atoms with van der Waals surface area (Å²) in [5.74, 6) is 0. The molecule has 0 bridgehead atoms. The number of rotatable bonds is 1. The maximum Gasteiger partial charge on any atom is 0.131 e. The minimum Gasteiger partial charge on any atom is -0.411 e. The fourth-order valence-corrected chi connectivity index (χ4v) is 1.10. The molecule has 0 saturated carbocycles. The zero-order chi connectivity index (χ0) is 8.27. The van der Waals surface area contributed by atoms with Gasteiger partial charge in [0, 0.05) is 5.56 Å². The molecule has 0 atom stereocenters. The molecule has 0 unspecified atom stereocenters. The van der Waals surface area contributed by atoms with Gasteiger partial charge < -0.3 is 5.21 Å². The highest BCUT2D eigenvalue weighted by Gasteiger charge is 1.95. The highest BCUT2D eigenvalue weighted by molar-refractivity contribution is 6.32. The lowest BCUT2D eigenvalue weighted by atomic mass is 10.3.